The zero-order valence-electron chi connectivity index (χ0n) is 12.6. The molecule has 2 aromatic carbocycles. The molecule has 0 unspecified atom stereocenters. The smallest absolute Gasteiger partial charge is 0.175 e. The molecule has 0 aliphatic heterocycles. The van der Waals surface area contributed by atoms with E-state index in [4.69, 9.17) is 25.8 Å². The van der Waals surface area contributed by atoms with E-state index in [1.807, 2.05) is 19.1 Å². The number of halogens is 2. The molecule has 23 heavy (non-hydrogen) atoms. The van der Waals surface area contributed by atoms with Crippen molar-refractivity contribution in [3.63, 3.8) is 0 Å². The summed E-state index contributed by atoms with van der Waals surface area (Å²) in [7, 11) is 0. The number of ether oxygens (including phenoxy) is 3. The van der Waals surface area contributed by atoms with Crippen LogP contribution in [0.15, 0.2) is 40.9 Å². The van der Waals surface area contributed by atoms with Crippen LogP contribution in [0.5, 0.6) is 17.2 Å². The standard InChI is InChI=1S/C17H16BrClO4/c1-2-21-16-10-12(11-20)9-13(18)17(16)23-8-7-22-15-6-4-3-5-14(15)19/h3-6,9-11H,2,7-8H2,1H3. The minimum atomic E-state index is 0.310. The molecule has 4 nitrogen and oxygen atoms in total. The minimum absolute atomic E-state index is 0.310. The van der Waals surface area contributed by atoms with Crippen molar-refractivity contribution in [2.24, 2.45) is 0 Å². The second-order valence-electron chi connectivity index (χ2n) is 4.51. The van der Waals surface area contributed by atoms with Crippen molar-refractivity contribution in [3.05, 3.63) is 51.5 Å². The van der Waals surface area contributed by atoms with E-state index >= 15 is 0 Å². The fourth-order valence-electron chi connectivity index (χ4n) is 1.92. The van der Waals surface area contributed by atoms with E-state index in [1.165, 1.54) is 0 Å². The average molecular weight is 400 g/mol. The molecule has 0 radical (unpaired) electrons. The minimum Gasteiger partial charge on any atom is -0.490 e. The molecule has 0 aliphatic carbocycles. The van der Waals surface area contributed by atoms with Gasteiger partial charge in [-0.05, 0) is 47.1 Å². The third-order valence-electron chi connectivity index (χ3n) is 2.89. The molecule has 0 amide bonds. The molecule has 0 aromatic heterocycles. The van der Waals surface area contributed by atoms with Crippen LogP contribution in [0.2, 0.25) is 5.02 Å². The van der Waals surface area contributed by atoms with Gasteiger partial charge >= 0.3 is 0 Å². The summed E-state index contributed by atoms with van der Waals surface area (Å²) in [6.45, 7) is 2.98. The van der Waals surface area contributed by atoms with Gasteiger partial charge in [-0.25, -0.2) is 0 Å². The zero-order valence-corrected chi connectivity index (χ0v) is 14.9. The number of carbonyl (C=O) groups is 1. The van der Waals surface area contributed by atoms with Crippen LogP contribution in [0.1, 0.15) is 17.3 Å². The lowest BCUT2D eigenvalue weighted by Crippen LogP contribution is -2.10. The molecule has 2 rings (SSSR count). The van der Waals surface area contributed by atoms with Crippen LogP contribution in [0.25, 0.3) is 0 Å². The van der Waals surface area contributed by atoms with Gasteiger partial charge in [0.1, 0.15) is 25.2 Å². The molecule has 0 aliphatic rings. The van der Waals surface area contributed by atoms with Gasteiger partial charge in [0.25, 0.3) is 0 Å². The second kappa shape index (κ2) is 8.79. The second-order valence-corrected chi connectivity index (χ2v) is 5.77. The number of carbonyl (C=O) groups excluding carboxylic acids is 1. The zero-order chi connectivity index (χ0) is 16.7. The van der Waals surface area contributed by atoms with Crippen LogP contribution in [0, 0.1) is 0 Å². The summed E-state index contributed by atoms with van der Waals surface area (Å²) in [5.41, 5.74) is 0.514. The molecule has 0 spiro atoms. The first-order valence-electron chi connectivity index (χ1n) is 7.07. The molecule has 0 N–H and O–H groups in total. The van der Waals surface area contributed by atoms with Gasteiger partial charge < -0.3 is 14.2 Å². The maximum atomic E-state index is 10.9. The van der Waals surface area contributed by atoms with E-state index in [0.717, 1.165) is 6.29 Å². The average Bonchev–Trinajstić information content (AvgIpc) is 2.55. The van der Waals surface area contributed by atoms with Gasteiger partial charge in [0.15, 0.2) is 11.5 Å². The molecule has 6 heteroatoms. The summed E-state index contributed by atoms with van der Waals surface area (Å²) in [5, 5.41) is 0.555. The molecule has 0 saturated carbocycles. The number of hydrogen-bond acceptors (Lipinski definition) is 4. The molecule has 2 aromatic rings. The number of rotatable bonds is 8. The fraction of sp³-hybridized carbons (Fsp3) is 0.235. The van der Waals surface area contributed by atoms with Crippen LogP contribution >= 0.6 is 27.5 Å². The largest absolute Gasteiger partial charge is 0.490 e. The lowest BCUT2D eigenvalue weighted by atomic mass is 10.2. The Bertz CT molecular complexity index is 676. The van der Waals surface area contributed by atoms with Gasteiger partial charge in [0, 0.05) is 5.56 Å². The van der Waals surface area contributed by atoms with Crippen molar-refractivity contribution < 1.29 is 19.0 Å². The molecule has 0 saturated heterocycles. The van der Waals surface area contributed by atoms with E-state index in [0.29, 0.717) is 52.1 Å². The summed E-state index contributed by atoms with van der Waals surface area (Å²) >= 11 is 9.41. The summed E-state index contributed by atoms with van der Waals surface area (Å²) in [4.78, 5) is 10.9. The van der Waals surface area contributed by atoms with Gasteiger partial charge in [-0.3, -0.25) is 4.79 Å². The van der Waals surface area contributed by atoms with Crippen molar-refractivity contribution in [2.75, 3.05) is 19.8 Å². The SMILES string of the molecule is CCOc1cc(C=O)cc(Br)c1OCCOc1ccccc1Cl. The van der Waals surface area contributed by atoms with Crippen molar-refractivity contribution >= 4 is 33.8 Å². The van der Waals surface area contributed by atoms with Crippen LogP contribution in [0.3, 0.4) is 0 Å². The lowest BCUT2D eigenvalue weighted by Gasteiger charge is -2.15. The number of para-hydroxylation sites is 1. The molecule has 122 valence electrons. The van der Waals surface area contributed by atoms with Crippen LogP contribution in [-0.2, 0) is 0 Å². The molecule has 0 heterocycles. The highest BCUT2D eigenvalue weighted by Gasteiger charge is 2.12. The van der Waals surface area contributed by atoms with Gasteiger partial charge in [0.05, 0.1) is 16.1 Å². The normalized spacial score (nSPS) is 10.2. The Labute approximate surface area is 148 Å². The quantitative estimate of drug-likeness (QED) is 0.474. The Kier molecular flexibility index (Phi) is 6.74. The van der Waals surface area contributed by atoms with E-state index in [9.17, 15) is 4.79 Å². The Morgan fingerprint density at radius 1 is 1.09 bits per heavy atom. The number of aldehydes is 1. The fourth-order valence-corrected chi connectivity index (χ4v) is 2.68. The molecular formula is C17H16BrClO4. The van der Waals surface area contributed by atoms with Crippen molar-refractivity contribution in [3.8, 4) is 17.2 Å². The first kappa shape index (κ1) is 17.6. The molecule has 0 fully saturated rings. The third-order valence-corrected chi connectivity index (χ3v) is 3.79. The monoisotopic (exact) mass is 398 g/mol. The Hall–Kier alpha value is -1.72. The van der Waals surface area contributed by atoms with Gasteiger partial charge in [-0.15, -0.1) is 0 Å². The summed E-state index contributed by atoms with van der Waals surface area (Å²) < 4.78 is 17.5. The first-order chi connectivity index (χ1) is 11.2. The highest BCUT2D eigenvalue weighted by Crippen LogP contribution is 2.36. The topological polar surface area (TPSA) is 44.8 Å². The predicted octanol–water partition coefficient (Wildman–Crippen LogP) is 4.77. The molecule has 0 bridgehead atoms. The lowest BCUT2D eigenvalue weighted by molar-refractivity contribution is 0.112. The Morgan fingerprint density at radius 2 is 1.83 bits per heavy atom. The Morgan fingerprint density at radius 3 is 2.52 bits per heavy atom. The van der Waals surface area contributed by atoms with E-state index < -0.39 is 0 Å². The van der Waals surface area contributed by atoms with Gasteiger partial charge in [0.2, 0.25) is 0 Å². The predicted molar refractivity (Wildman–Crippen MR) is 93.1 cm³/mol. The van der Waals surface area contributed by atoms with Crippen molar-refractivity contribution in [1.29, 1.82) is 0 Å². The van der Waals surface area contributed by atoms with Crippen molar-refractivity contribution in [1.82, 2.24) is 0 Å². The first-order valence-corrected chi connectivity index (χ1v) is 8.24. The third kappa shape index (κ3) is 4.88. The number of hydrogen-bond donors (Lipinski definition) is 0. The Balaban J connectivity index is 1.99. The highest BCUT2D eigenvalue weighted by atomic mass is 79.9. The highest BCUT2D eigenvalue weighted by molar-refractivity contribution is 9.10. The van der Waals surface area contributed by atoms with Gasteiger partial charge in [-0.2, -0.15) is 0 Å². The van der Waals surface area contributed by atoms with E-state index in [2.05, 4.69) is 15.9 Å². The van der Waals surface area contributed by atoms with Crippen LogP contribution < -0.4 is 14.2 Å². The van der Waals surface area contributed by atoms with E-state index in [1.54, 1.807) is 24.3 Å². The number of benzene rings is 2. The van der Waals surface area contributed by atoms with Crippen molar-refractivity contribution in [2.45, 2.75) is 6.92 Å². The maximum absolute atomic E-state index is 10.9. The summed E-state index contributed by atoms with van der Waals surface area (Å²) in [6, 6.07) is 10.6. The summed E-state index contributed by atoms with van der Waals surface area (Å²) in [5.74, 6) is 1.67. The maximum Gasteiger partial charge on any atom is 0.175 e. The summed E-state index contributed by atoms with van der Waals surface area (Å²) in [6.07, 6.45) is 0.761. The van der Waals surface area contributed by atoms with Crippen LogP contribution in [0.4, 0.5) is 0 Å². The molecule has 0 atom stereocenters. The molecular weight excluding hydrogens is 384 g/mol. The van der Waals surface area contributed by atoms with Crippen LogP contribution in [-0.4, -0.2) is 26.1 Å². The van der Waals surface area contributed by atoms with Gasteiger partial charge in [-0.1, -0.05) is 23.7 Å². The van der Waals surface area contributed by atoms with E-state index in [-0.39, 0.29) is 0 Å².